The number of amides is 1. The fourth-order valence-corrected chi connectivity index (χ4v) is 2.69. The Bertz CT molecular complexity index is 699. The van der Waals surface area contributed by atoms with Crippen molar-refractivity contribution in [3.63, 3.8) is 0 Å². The number of aliphatic carboxylic acids is 1. The molecule has 2 aromatic rings. The first kappa shape index (κ1) is 18.7. The van der Waals surface area contributed by atoms with Gasteiger partial charge in [-0.25, -0.2) is 0 Å². The van der Waals surface area contributed by atoms with Crippen molar-refractivity contribution in [1.29, 1.82) is 0 Å². The minimum absolute atomic E-state index is 0.185. The Kier molecular flexibility index (Phi) is 6.71. The molecule has 2 rings (SSSR count). The zero-order chi connectivity index (χ0) is 18.2. The van der Waals surface area contributed by atoms with Crippen molar-refractivity contribution in [2.45, 2.75) is 38.3 Å². The predicted octanol–water partition coefficient (Wildman–Crippen LogP) is 3.11. The third-order valence-electron chi connectivity index (χ3n) is 4.05. The molecule has 0 saturated carbocycles. The molecule has 2 aromatic carbocycles. The SMILES string of the molecule is CCCC(N)C(=O)NC(CC(=O)O)c1ccc(-c2ccccc2)cc1. The van der Waals surface area contributed by atoms with E-state index in [1.54, 1.807) is 0 Å². The van der Waals surface area contributed by atoms with E-state index in [1.165, 1.54) is 0 Å². The normalized spacial score (nSPS) is 13.0. The van der Waals surface area contributed by atoms with E-state index in [9.17, 15) is 9.59 Å². The summed E-state index contributed by atoms with van der Waals surface area (Å²) in [5.74, 6) is -1.29. The number of hydrogen-bond donors (Lipinski definition) is 3. The summed E-state index contributed by atoms with van der Waals surface area (Å²) >= 11 is 0. The minimum atomic E-state index is -0.971. The molecule has 2 atom stereocenters. The van der Waals surface area contributed by atoms with Crippen LogP contribution in [0.15, 0.2) is 54.6 Å². The quantitative estimate of drug-likeness (QED) is 0.688. The molecule has 0 saturated heterocycles. The zero-order valence-corrected chi connectivity index (χ0v) is 14.3. The standard InChI is InChI=1S/C20H24N2O3/c1-2-6-17(21)20(25)22-18(13-19(23)24)16-11-9-15(10-12-16)14-7-4-3-5-8-14/h3-5,7-12,17-18H,2,6,13,21H2,1H3,(H,22,25)(H,23,24). The highest BCUT2D eigenvalue weighted by Gasteiger charge is 2.21. The summed E-state index contributed by atoms with van der Waals surface area (Å²) in [5, 5.41) is 11.9. The molecule has 0 aliphatic heterocycles. The predicted molar refractivity (Wildman–Crippen MR) is 97.9 cm³/mol. The van der Waals surface area contributed by atoms with E-state index in [1.807, 2.05) is 61.5 Å². The van der Waals surface area contributed by atoms with Gasteiger partial charge in [0, 0.05) is 0 Å². The van der Waals surface area contributed by atoms with E-state index in [0.717, 1.165) is 23.1 Å². The second kappa shape index (κ2) is 8.99. The van der Waals surface area contributed by atoms with Gasteiger partial charge >= 0.3 is 5.97 Å². The summed E-state index contributed by atoms with van der Waals surface area (Å²) in [6, 6.07) is 16.2. The Morgan fingerprint density at radius 2 is 1.64 bits per heavy atom. The molecule has 0 fully saturated rings. The Hall–Kier alpha value is -2.66. The number of carbonyl (C=O) groups excluding carboxylic acids is 1. The van der Waals surface area contributed by atoms with E-state index in [4.69, 9.17) is 10.8 Å². The number of hydrogen-bond acceptors (Lipinski definition) is 3. The fraction of sp³-hybridized carbons (Fsp3) is 0.300. The monoisotopic (exact) mass is 340 g/mol. The lowest BCUT2D eigenvalue weighted by Crippen LogP contribution is -2.42. The van der Waals surface area contributed by atoms with Gasteiger partial charge in [0.05, 0.1) is 18.5 Å². The van der Waals surface area contributed by atoms with Crippen LogP contribution in [0.2, 0.25) is 0 Å². The van der Waals surface area contributed by atoms with Gasteiger partial charge in [-0.3, -0.25) is 9.59 Å². The van der Waals surface area contributed by atoms with Crippen LogP contribution in [-0.2, 0) is 9.59 Å². The average molecular weight is 340 g/mol. The molecule has 0 aliphatic rings. The Morgan fingerprint density at radius 1 is 1.04 bits per heavy atom. The van der Waals surface area contributed by atoms with Crippen LogP contribution in [-0.4, -0.2) is 23.0 Å². The summed E-state index contributed by atoms with van der Waals surface area (Å²) < 4.78 is 0. The molecular formula is C20H24N2O3. The lowest BCUT2D eigenvalue weighted by Gasteiger charge is -2.20. The summed E-state index contributed by atoms with van der Waals surface area (Å²) in [7, 11) is 0. The summed E-state index contributed by atoms with van der Waals surface area (Å²) in [6.07, 6.45) is 1.18. The Labute approximate surface area is 147 Å². The van der Waals surface area contributed by atoms with Crippen LogP contribution in [0.3, 0.4) is 0 Å². The van der Waals surface area contributed by atoms with Crippen molar-refractivity contribution in [3.05, 3.63) is 60.2 Å². The molecule has 5 heteroatoms. The number of carboxylic acids is 1. The lowest BCUT2D eigenvalue weighted by molar-refractivity contribution is -0.137. The first-order valence-corrected chi connectivity index (χ1v) is 8.44. The molecule has 4 N–H and O–H groups in total. The Morgan fingerprint density at radius 3 is 2.20 bits per heavy atom. The highest BCUT2D eigenvalue weighted by Crippen LogP contribution is 2.23. The van der Waals surface area contributed by atoms with Gasteiger partial charge in [0.15, 0.2) is 0 Å². The number of nitrogens with two attached hydrogens (primary N) is 1. The third-order valence-corrected chi connectivity index (χ3v) is 4.05. The highest BCUT2D eigenvalue weighted by molar-refractivity contribution is 5.82. The first-order chi connectivity index (χ1) is 12.0. The molecule has 25 heavy (non-hydrogen) atoms. The molecule has 1 amide bonds. The molecule has 2 unspecified atom stereocenters. The van der Waals surface area contributed by atoms with E-state index in [0.29, 0.717) is 6.42 Å². The molecular weight excluding hydrogens is 316 g/mol. The van der Waals surface area contributed by atoms with Crippen molar-refractivity contribution in [2.75, 3.05) is 0 Å². The van der Waals surface area contributed by atoms with Crippen LogP contribution in [0.25, 0.3) is 11.1 Å². The van der Waals surface area contributed by atoms with Crippen LogP contribution in [0.4, 0.5) is 0 Å². The van der Waals surface area contributed by atoms with Gasteiger partial charge in [-0.1, -0.05) is 67.9 Å². The number of benzene rings is 2. The number of rotatable bonds is 8. The molecule has 0 spiro atoms. The molecule has 132 valence electrons. The van der Waals surface area contributed by atoms with Gasteiger partial charge in [0.25, 0.3) is 0 Å². The van der Waals surface area contributed by atoms with Gasteiger partial charge in [0.1, 0.15) is 0 Å². The lowest BCUT2D eigenvalue weighted by atomic mass is 9.98. The molecule has 0 bridgehead atoms. The minimum Gasteiger partial charge on any atom is -0.481 e. The zero-order valence-electron chi connectivity index (χ0n) is 14.3. The van der Waals surface area contributed by atoms with Gasteiger partial charge in [0.2, 0.25) is 5.91 Å². The highest BCUT2D eigenvalue weighted by atomic mass is 16.4. The maximum atomic E-state index is 12.2. The van der Waals surface area contributed by atoms with Crippen molar-refractivity contribution < 1.29 is 14.7 Å². The van der Waals surface area contributed by atoms with Crippen LogP contribution >= 0.6 is 0 Å². The second-order valence-electron chi connectivity index (χ2n) is 6.04. The van der Waals surface area contributed by atoms with Gasteiger partial charge in [-0.15, -0.1) is 0 Å². The molecule has 0 aromatic heterocycles. The van der Waals surface area contributed by atoms with Crippen LogP contribution in [0, 0.1) is 0 Å². The molecule has 0 heterocycles. The fourth-order valence-electron chi connectivity index (χ4n) is 2.69. The third kappa shape index (κ3) is 5.43. The summed E-state index contributed by atoms with van der Waals surface area (Å²) in [5.41, 5.74) is 8.69. The van der Waals surface area contributed by atoms with Crippen LogP contribution < -0.4 is 11.1 Å². The topological polar surface area (TPSA) is 92.4 Å². The van der Waals surface area contributed by atoms with E-state index < -0.39 is 18.1 Å². The van der Waals surface area contributed by atoms with E-state index in [2.05, 4.69) is 5.32 Å². The largest absolute Gasteiger partial charge is 0.481 e. The smallest absolute Gasteiger partial charge is 0.305 e. The van der Waals surface area contributed by atoms with Crippen molar-refractivity contribution in [2.24, 2.45) is 5.73 Å². The van der Waals surface area contributed by atoms with Crippen molar-refractivity contribution >= 4 is 11.9 Å². The molecule has 0 radical (unpaired) electrons. The summed E-state index contributed by atoms with van der Waals surface area (Å²) in [4.78, 5) is 23.3. The Balaban J connectivity index is 2.17. The maximum Gasteiger partial charge on any atom is 0.305 e. The summed E-state index contributed by atoms with van der Waals surface area (Å²) in [6.45, 7) is 1.95. The number of carboxylic acid groups (broad SMARTS) is 1. The van der Waals surface area contributed by atoms with Gasteiger partial charge in [-0.05, 0) is 23.1 Å². The second-order valence-corrected chi connectivity index (χ2v) is 6.04. The maximum absolute atomic E-state index is 12.2. The van der Waals surface area contributed by atoms with E-state index >= 15 is 0 Å². The van der Waals surface area contributed by atoms with Gasteiger partial charge < -0.3 is 16.2 Å². The van der Waals surface area contributed by atoms with Crippen LogP contribution in [0.5, 0.6) is 0 Å². The van der Waals surface area contributed by atoms with Gasteiger partial charge in [-0.2, -0.15) is 0 Å². The van der Waals surface area contributed by atoms with Crippen LogP contribution in [0.1, 0.15) is 37.8 Å². The van der Waals surface area contributed by atoms with Crippen molar-refractivity contribution in [3.8, 4) is 11.1 Å². The number of nitrogens with one attached hydrogen (secondary N) is 1. The molecule has 0 aliphatic carbocycles. The number of carbonyl (C=O) groups is 2. The molecule has 5 nitrogen and oxygen atoms in total. The van der Waals surface area contributed by atoms with Crippen molar-refractivity contribution in [1.82, 2.24) is 5.32 Å². The average Bonchev–Trinajstić information content (AvgIpc) is 2.62. The van der Waals surface area contributed by atoms with E-state index in [-0.39, 0.29) is 12.3 Å². The first-order valence-electron chi connectivity index (χ1n) is 8.44.